The maximum absolute atomic E-state index is 12.7. The Kier molecular flexibility index (Phi) is 45.0. The number of hydrogen-bond acceptors (Lipinski definition) is 5. The molecule has 0 N–H and O–H groups in total. The molecule has 0 radical (unpaired) electrons. The average Bonchev–Trinajstić information content (AvgIpc) is 3.20. The molecule has 1 atom stereocenters. The molecule has 0 aromatic heterocycles. The molecule has 5 heteroatoms. The van der Waals surface area contributed by atoms with Gasteiger partial charge in [-0.15, -0.1) is 0 Å². The Morgan fingerprint density at radius 1 is 0.411 bits per heavy atom. The summed E-state index contributed by atoms with van der Waals surface area (Å²) in [7, 11) is 0. The zero-order valence-corrected chi connectivity index (χ0v) is 37.1. The third-order valence-corrected chi connectivity index (χ3v) is 10.1. The van der Waals surface area contributed by atoms with E-state index in [2.05, 4.69) is 69.4 Å². The summed E-state index contributed by atoms with van der Waals surface area (Å²) in [6.07, 6.45) is 58.2. The van der Waals surface area contributed by atoms with E-state index in [1.165, 1.54) is 135 Å². The fraction of sp³-hybridized carbons (Fsp3) is 0.765. The minimum absolute atomic E-state index is 0.0337. The van der Waals surface area contributed by atoms with Gasteiger partial charge in [-0.3, -0.25) is 9.59 Å². The van der Waals surface area contributed by atoms with Gasteiger partial charge in [0.25, 0.3) is 0 Å². The largest absolute Gasteiger partial charge is 0.461 e. The zero-order chi connectivity index (χ0) is 40.7. The second-order valence-corrected chi connectivity index (χ2v) is 15.7. The van der Waals surface area contributed by atoms with Gasteiger partial charge in [0.15, 0.2) is 6.10 Å². The SMILES string of the molecule is CC/C=C\C/C=C\C/C=C\C/C=C\C/C=C\CC(=O)OCC(COCCCCCCCCCCCCCCCCCC)OC(=O)CCCCCCCCCCC. The van der Waals surface area contributed by atoms with Gasteiger partial charge in [-0.1, -0.05) is 229 Å². The Morgan fingerprint density at radius 3 is 1.21 bits per heavy atom. The molecular weight excluding hydrogens is 693 g/mol. The van der Waals surface area contributed by atoms with Crippen LogP contribution in [0, 0.1) is 0 Å². The Balaban J connectivity index is 4.30. The molecule has 0 aliphatic heterocycles. The number of ether oxygens (including phenoxy) is 3. The van der Waals surface area contributed by atoms with Crippen molar-refractivity contribution in [3.63, 3.8) is 0 Å². The zero-order valence-electron chi connectivity index (χ0n) is 37.1. The van der Waals surface area contributed by atoms with Crippen LogP contribution >= 0.6 is 0 Å². The third kappa shape index (κ3) is 44.3. The minimum atomic E-state index is -0.570. The van der Waals surface area contributed by atoms with Gasteiger partial charge in [0.05, 0.1) is 13.0 Å². The van der Waals surface area contributed by atoms with E-state index in [1.54, 1.807) is 0 Å². The summed E-state index contributed by atoms with van der Waals surface area (Å²) in [5, 5.41) is 0. The molecule has 0 aliphatic carbocycles. The van der Waals surface area contributed by atoms with Crippen molar-refractivity contribution >= 4 is 11.9 Å². The Hall–Kier alpha value is -2.40. The second-order valence-electron chi connectivity index (χ2n) is 15.7. The fourth-order valence-electron chi connectivity index (χ4n) is 6.58. The van der Waals surface area contributed by atoms with Gasteiger partial charge in [0.2, 0.25) is 0 Å². The summed E-state index contributed by atoms with van der Waals surface area (Å²) < 4.78 is 17.2. The lowest BCUT2D eigenvalue weighted by molar-refractivity contribution is -0.162. The fourth-order valence-corrected chi connectivity index (χ4v) is 6.58. The topological polar surface area (TPSA) is 61.8 Å². The quantitative estimate of drug-likeness (QED) is 0.0350. The smallest absolute Gasteiger partial charge is 0.309 e. The number of hydrogen-bond donors (Lipinski definition) is 0. The van der Waals surface area contributed by atoms with Crippen LogP contribution in [0.25, 0.3) is 0 Å². The van der Waals surface area contributed by atoms with Crippen LogP contribution in [0.1, 0.15) is 226 Å². The van der Waals surface area contributed by atoms with Crippen molar-refractivity contribution in [1.29, 1.82) is 0 Å². The number of rotatable bonds is 43. The van der Waals surface area contributed by atoms with E-state index >= 15 is 0 Å². The van der Waals surface area contributed by atoms with Crippen molar-refractivity contribution in [2.24, 2.45) is 0 Å². The highest BCUT2D eigenvalue weighted by Crippen LogP contribution is 2.15. The summed E-state index contributed by atoms with van der Waals surface area (Å²) in [6.45, 7) is 7.61. The molecule has 1 unspecified atom stereocenters. The molecule has 0 fully saturated rings. The van der Waals surface area contributed by atoms with Crippen LogP contribution in [0.5, 0.6) is 0 Å². The van der Waals surface area contributed by atoms with E-state index in [4.69, 9.17) is 14.2 Å². The van der Waals surface area contributed by atoms with Gasteiger partial charge in [0.1, 0.15) is 6.61 Å². The first-order valence-electron chi connectivity index (χ1n) is 23.8. The number of allylic oxidation sites excluding steroid dienone is 9. The van der Waals surface area contributed by atoms with E-state index in [0.29, 0.717) is 13.0 Å². The molecule has 0 spiro atoms. The Morgan fingerprint density at radius 2 is 0.786 bits per heavy atom. The third-order valence-electron chi connectivity index (χ3n) is 10.1. The highest BCUT2D eigenvalue weighted by molar-refractivity contribution is 5.71. The molecule has 0 saturated heterocycles. The minimum Gasteiger partial charge on any atom is -0.461 e. The molecule has 0 rings (SSSR count). The molecule has 56 heavy (non-hydrogen) atoms. The molecule has 0 bridgehead atoms. The first-order valence-corrected chi connectivity index (χ1v) is 23.8. The van der Waals surface area contributed by atoms with Gasteiger partial charge >= 0.3 is 11.9 Å². The van der Waals surface area contributed by atoms with Crippen molar-refractivity contribution in [2.45, 2.75) is 232 Å². The molecule has 0 aromatic carbocycles. The Bertz CT molecular complexity index is 977. The van der Waals surface area contributed by atoms with Crippen LogP contribution in [0.4, 0.5) is 0 Å². The molecule has 5 nitrogen and oxygen atoms in total. The van der Waals surface area contributed by atoms with Crippen molar-refractivity contribution in [2.75, 3.05) is 19.8 Å². The van der Waals surface area contributed by atoms with Crippen molar-refractivity contribution in [3.05, 3.63) is 60.8 Å². The standard InChI is InChI=1S/C51H90O5/c1-4-7-10-13-16-19-21-23-25-27-29-31-34-37-40-43-46-54-47-49(56-51(53)45-42-39-36-32-18-15-12-9-6-3)48-55-50(52)44-41-38-35-33-30-28-26-24-22-20-17-14-11-8-5-2/h8,11,17,20,24,26,30,33,38,41,49H,4-7,9-10,12-16,18-19,21-23,25,27-29,31-32,34-37,39-40,42-48H2,1-3H3/b11-8-,20-17-,26-24-,33-30-,41-38-. The lowest BCUT2D eigenvalue weighted by Crippen LogP contribution is -2.30. The summed E-state index contributed by atoms with van der Waals surface area (Å²) >= 11 is 0. The van der Waals surface area contributed by atoms with Crippen molar-refractivity contribution in [1.82, 2.24) is 0 Å². The number of unbranched alkanes of at least 4 members (excludes halogenated alkanes) is 23. The summed E-state index contributed by atoms with van der Waals surface area (Å²) in [4.78, 5) is 25.2. The molecule has 0 heterocycles. The molecule has 324 valence electrons. The molecule has 0 aliphatic rings. The van der Waals surface area contributed by atoms with Crippen LogP contribution in [0.15, 0.2) is 60.8 Å². The predicted octanol–water partition coefficient (Wildman–Crippen LogP) is 15.8. The molecule has 0 saturated carbocycles. The lowest BCUT2D eigenvalue weighted by Gasteiger charge is -2.18. The number of esters is 2. The van der Waals surface area contributed by atoms with Crippen LogP contribution in [0.2, 0.25) is 0 Å². The number of carbonyl (C=O) groups is 2. The normalized spacial score (nSPS) is 12.7. The van der Waals surface area contributed by atoms with Gasteiger partial charge in [-0.25, -0.2) is 0 Å². The highest BCUT2D eigenvalue weighted by Gasteiger charge is 2.17. The Labute approximate surface area is 347 Å². The van der Waals surface area contributed by atoms with E-state index in [9.17, 15) is 9.59 Å². The van der Waals surface area contributed by atoms with Gasteiger partial charge in [0, 0.05) is 13.0 Å². The highest BCUT2D eigenvalue weighted by atomic mass is 16.6. The maximum Gasteiger partial charge on any atom is 0.309 e. The summed E-state index contributed by atoms with van der Waals surface area (Å²) in [6, 6.07) is 0. The van der Waals surface area contributed by atoms with Gasteiger partial charge in [-0.2, -0.15) is 0 Å². The monoisotopic (exact) mass is 783 g/mol. The van der Waals surface area contributed by atoms with Gasteiger partial charge < -0.3 is 14.2 Å². The predicted molar refractivity (Wildman–Crippen MR) is 242 cm³/mol. The van der Waals surface area contributed by atoms with E-state index in [-0.39, 0.29) is 31.6 Å². The molecule has 0 aromatic rings. The lowest BCUT2D eigenvalue weighted by atomic mass is 10.0. The maximum atomic E-state index is 12.7. The van der Waals surface area contributed by atoms with Crippen LogP contribution in [0.3, 0.4) is 0 Å². The van der Waals surface area contributed by atoms with Crippen LogP contribution in [-0.4, -0.2) is 37.9 Å². The van der Waals surface area contributed by atoms with Gasteiger partial charge in [-0.05, 0) is 44.9 Å². The van der Waals surface area contributed by atoms with E-state index < -0.39 is 6.10 Å². The van der Waals surface area contributed by atoms with Crippen LogP contribution in [-0.2, 0) is 23.8 Å². The first kappa shape index (κ1) is 53.6. The number of carbonyl (C=O) groups excluding carboxylic acids is 2. The molecular formula is C51H90O5. The van der Waals surface area contributed by atoms with Crippen molar-refractivity contribution in [3.8, 4) is 0 Å². The van der Waals surface area contributed by atoms with Crippen LogP contribution < -0.4 is 0 Å². The first-order chi connectivity index (χ1) is 27.6. The summed E-state index contributed by atoms with van der Waals surface area (Å²) in [5.74, 6) is -0.540. The summed E-state index contributed by atoms with van der Waals surface area (Å²) in [5.41, 5.74) is 0. The van der Waals surface area contributed by atoms with E-state index in [0.717, 1.165) is 57.8 Å². The average molecular weight is 783 g/mol. The second kappa shape index (κ2) is 47.0. The molecule has 0 amide bonds. The van der Waals surface area contributed by atoms with Crippen molar-refractivity contribution < 1.29 is 23.8 Å². The van der Waals surface area contributed by atoms with E-state index in [1.807, 2.05) is 12.2 Å².